The first-order valence-corrected chi connectivity index (χ1v) is 8.03. The van der Waals surface area contributed by atoms with Gasteiger partial charge in [-0.2, -0.15) is 0 Å². The predicted octanol–water partition coefficient (Wildman–Crippen LogP) is 3.98. The molecule has 2 aromatic rings. The lowest BCUT2D eigenvalue weighted by Gasteiger charge is -2.12. The summed E-state index contributed by atoms with van der Waals surface area (Å²) in [7, 11) is 0. The minimum absolute atomic E-state index is 0.0566. The number of benzene rings is 2. The van der Waals surface area contributed by atoms with E-state index < -0.39 is 0 Å². The highest BCUT2D eigenvalue weighted by molar-refractivity contribution is 5.93. The Morgan fingerprint density at radius 2 is 1.79 bits per heavy atom. The lowest BCUT2D eigenvalue weighted by Crippen LogP contribution is -2.21. The average molecular weight is 325 g/mol. The number of anilines is 1. The number of carbonyl (C=O) groups is 2. The minimum atomic E-state index is -0.373. The molecular formula is C20H23NO3. The van der Waals surface area contributed by atoms with E-state index in [9.17, 15) is 9.59 Å². The fraction of sp³-hybridized carbons (Fsp3) is 0.300. The first-order chi connectivity index (χ1) is 11.5. The van der Waals surface area contributed by atoms with E-state index in [-0.39, 0.29) is 30.8 Å². The van der Waals surface area contributed by atoms with Gasteiger partial charge < -0.3 is 10.1 Å². The molecule has 0 bridgehead atoms. The minimum Gasteiger partial charge on any atom is -0.456 e. The van der Waals surface area contributed by atoms with Crippen molar-refractivity contribution in [2.45, 2.75) is 33.1 Å². The van der Waals surface area contributed by atoms with Crippen LogP contribution in [0.5, 0.6) is 0 Å². The molecule has 1 amide bonds. The topological polar surface area (TPSA) is 55.4 Å². The van der Waals surface area contributed by atoms with Crippen molar-refractivity contribution in [2.24, 2.45) is 0 Å². The predicted molar refractivity (Wildman–Crippen MR) is 95.0 cm³/mol. The number of amides is 1. The van der Waals surface area contributed by atoms with Gasteiger partial charge in [0.15, 0.2) is 6.61 Å². The van der Waals surface area contributed by atoms with Crippen LogP contribution in [0, 0.1) is 13.8 Å². The monoisotopic (exact) mass is 325 g/mol. The molecule has 4 heteroatoms. The molecule has 2 aromatic carbocycles. The van der Waals surface area contributed by atoms with Crippen LogP contribution >= 0.6 is 0 Å². The van der Waals surface area contributed by atoms with E-state index in [0.29, 0.717) is 0 Å². The molecule has 0 aliphatic carbocycles. The number of esters is 1. The van der Waals surface area contributed by atoms with E-state index in [4.69, 9.17) is 4.74 Å². The summed E-state index contributed by atoms with van der Waals surface area (Å²) in [4.78, 5) is 23.8. The second-order valence-corrected chi connectivity index (χ2v) is 6.04. The molecular weight excluding hydrogens is 302 g/mol. The molecule has 0 saturated heterocycles. The lowest BCUT2D eigenvalue weighted by molar-refractivity contribution is -0.147. The standard InChI is InChI=1S/C20H23NO3/c1-14-9-10-18(16(3)11-14)21-19(22)13-24-20(23)12-15(2)17-7-5-4-6-8-17/h4-11,15H,12-13H2,1-3H3,(H,21,22). The van der Waals surface area contributed by atoms with Crippen molar-refractivity contribution in [3.8, 4) is 0 Å². The summed E-state index contributed by atoms with van der Waals surface area (Å²) in [6.07, 6.45) is 0.251. The van der Waals surface area contributed by atoms with Crippen molar-refractivity contribution in [3.05, 3.63) is 65.2 Å². The summed E-state index contributed by atoms with van der Waals surface area (Å²) in [5.41, 5.74) is 3.92. The number of ether oxygens (including phenoxy) is 1. The van der Waals surface area contributed by atoms with Crippen molar-refractivity contribution >= 4 is 17.6 Å². The third kappa shape index (κ3) is 5.23. The van der Waals surface area contributed by atoms with Crippen molar-refractivity contribution in [1.29, 1.82) is 0 Å². The lowest BCUT2D eigenvalue weighted by atomic mass is 9.98. The number of carbonyl (C=O) groups excluding carboxylic acids is 2. The maximum atomic E-state index is 11.9. The molecule has 0 fully saturated rings. The zero-order chi connectivity index (χ0) is 17.5. The fourth-order valence-corrected chi connectivity index (χ4v) is 2.49. The van der Waals surface area contributed by atoms with Crippen LogP contribution in [-0.4, -0.2) is 18.5 Å². The van der Waals surface area contributed by atoms with Gasteiger partial charge >= 0.3 is 5.97 Å². The SMILES string of the molecule is Cc1ccc(NC(=O)COC(=O)CC(C)c2ccccc2)c(C)c1. The molecule has 0 heterocycles. The van der Waals surface area contributed by atoms with Crippen LogP contribution in [0.1, 0.15) is 36.0 Å². The third-order valence-corrected chi connectivity index (χ3v) is 3.86. The largest absolute Gasteiger partial charge is 0.456 e. The Labute approximate surface area is 142 Å². The molecule has 0 saturated carbocycles. The smallest absolute Gasteiger partial charge is 0.306 e. The summed E-state index contributed by atoms with van der Waals surface area (Å²) >= 11 is 0. The van der Waals surface area contributed by atoms with E-state index in [1.165, 1.54) is 0 Å². The van der Waals surface area contributed by atoms with E-state index in [1.54, 1.807) is 0 Å². The van der Waals surface area contributed by atoms with Gasteiger partial charge in [0.2, 0.25) is 0 Å². The highest BCUT2D eigenvalue weighted by Crippen LogP contribution is 2.19. The highest BCUT2D eigenvalue weighted by atomic mass is 16.5. The molecule has 0 aliphatic rings. The van der Waals surface area contributed by atoms with Crippen LogP contribution < -0.4 is 5.32 Å². The van der Waals surface area contributed by atoms with Gasteiger partial charge in [0.25, 0.3) is 5.91 Å². The van der Waals surface area contributed by atoms with E-state index in [2.05, 4.69) is 5.32 Å². The Kier molecular flexibility index (Phi) is 6.13. The molecule has 0 spiro atoms. The first kappa shape index (κ1) is 17.7. The Morgan fingerprint density at radius 1 is 1.08 bits per heavy atom. The zero-order valence-corrected chi connectivity index (χ0v) is 14.3. The summed E-state index contributed by atoms with van der Waals surface area (Å²) < 4.78 is 5.08. The van der Waals surface area contributed by atoms with Gasteiger partial charge in [-0.3, -0.25) is 9.59 Å². The quantitative estimate of drug-likeness (QED) is 0.817. The second kappa shape index (κ2) is 8.29. The second-order valence-electron chi connectivity index (χ2n) is 6.04. The molecule has 4 nitrogen and oxygen atoms in total. The average Bonchev–Trinajstić information content (AvgIpc) is 2.56. The van der Waals surface area contributed by atoms with Crippen LogP contribution in [0.4, 0.5) is 5.69 Å². The third-order valence-electron chi connectivity index (χ3n) is 3.86. The Bertz CT molecular complexity index is 710. The van der Waals surface area contributed by atoms with Crippen LogP contribution in [0.2, 0.25) is 0 Å². The van der Waals surface area contributed by atoms with E-state index >= 15 is 0 Å². The van der Waals surface area contributed by atoms with Crippen LogP contribution in [0.3, 0.4) is 0 Å². The Hall–Kier alpha value is -2.62. The maximum absolute atomic E-state index is 11.9. The highest BCUT2D eigenvalue weighted by Gasteiger charge is 2.14. The van der Waals surface area contributed by atoms with Crippen LogP contribution in [0.25, 0.3) is 0 Å². The van der Waals surface area contributed by atoms with Crippen molar-refractivity contribution in [1.82, 2.24) is 0 Å². The summed E-state index contributed by atoms with van der Waals surface area (Å²) in [6.45, 7) is 5.62. The normalized spacial score (nSPS) is 11.6. The zero-order valence-electron chi connectivity index (χ0n) is 14.3. The molecule has 2 rings (SSSR count). The van der Waals surface area contributed by atoms with Gasteiger partial charge in [-0.25, -0.2) is 0 Å². The molecule has 0 aliphatic heterocycles. The molecule has 1 N–H and O–H groups in total. The van der Waals surface area contributed by atoms with Gasteiger partial charge in [0.1, 0.15) is 0 Å². The molecule has 126 valence electrons. The molecule has 24 heavy (non-hydrogen) atoms. The van der Waals surface area contributed by atoms with E-state index in [1.807, 2.05) is 69.3 Å². The van der Waals surface area contributed by atoms with Crippen molar-refractivity contribution in [3.63, 3.8) is 0 Å². The van der Waals surface area contributed by atoms with Gasteiger partial charge in [-0.15, -0.1) is 0 Å². The molecule has 1 unspecified atom stereocenters. The van der Waals surface area contributed by atoms with E-state index in [0.717, 1.165) is 22.4 Å². The molecule has 0 aromatic heterocycles. The van der Waals surface area contributed by atoms with Crippen LogP contribution in [-0.2, 0) is 14.3 Å². The Balaban J connectivity index is 1.80. The van der Waals surface area contributed by atoms with Gasteiger partial charge in [0, 0.05) is 5.69 Å². The summed E-state index contributed by atoms with van der Waals surface area (Å²) in [5, 5.41) is 2.76. The molecule has 0 radical (unpaired) electrons. The van der Waals surface area contributed by atoms with Crippen molar-refractivity contribution < 1.29 is 14.3 Å². The van der Waals surface area contributed by atoms with Crippen molar-refractivity contribution in [2.75, 3.05) is 11.9 Å². The first-order valence-electron chi connectivity index (χ1n) is 8.03. The number of aryl methyl sites for hydroxylation is 2. The Morgan fingerprint density at radius 3 is 2.46 bits per heavy atom. The number of hydrogen-bond acceptors (Lipinski definition) is 3. The number of nitrogens with one attached hydrogen (secondary N) is 1. The number of hydrogen-bond donors (Lipinski definition) is 1. The number of rotatable bonds is 6. The maximum Gasteiger partial charge on any atom is 0.306 e. The van der Waals surface area contributed by atoms with Gasteiger partial charge in [0.05, 0.1) is 6.42 Å². The van der Waals surface area contributed by atoms with Crippen LogP contribution in [0.15, 0.2) is 48.5 Å². The van der Waals surface area contributed by atoms with Gasteiger partial charge in [-0.05, 0) is 37.0 Å². The summed E-state index contributed by atoms with van der Waals surface area (Å²) in [6, 6.07) is 15.5. The molecule has 1 atom stereocenters. The fourth-order valence-electron chi connectivity index (χ4n) is 2.49. The summed E-state index contributed by atoms with van der Waals surface area (Å²) in [5.74, 6) is -0.647. The van der Waals surface area contributed by atoms with Gasteiger partial charge in [-0.1, -0.05) is 55.0 Å².